The molecule has 0 bridgehead atoms. The van der Waals surface area contributed by atoms with Gasteiger partial charge in [-0.2, -0.15) is 0 Å². The molecule has 4 rings (SSSR count). The highest BCUT2D eigenvalue weighted by Gasteiger charge is 2.26. The van der Waals surface area contributed by atoms with Gasteiger partial charge in [0.1, 0.15) is 5.82 Å². The summed E-state index contributed by atoms with van der Waals surface area (Å²) < 4.78 is 8.07. The lowest BCUT2D eigenvalue weighted by atomic mass is 10.1. The minimum atomic E-state index is 0.286. The van der Waals surface area contributed by atoms with Gasteiger partial charge in [-0.3, -0.25) is 9.88 Å². The second kappa shape index (κ2) is 7.66. The van der Waals surface area contributed by atoms with Crippen molar-refractivity contribution in [2.45, 2.75) is 32.5 Å². The number of fused-ring (bicyclic) bond motifs is 1. The summed E-state index contributed by atoms with van der Waals surface area (Å²) in [4.78, 5) is 15.5. The van der Waals surface area contributed by atoms with Gasteiger partial charge in [0.25, 0.3) is 0 Å². The van der Waals surface area contributed by atoms with Gasteiger partial charge in [-0.1, -0.05) is 12.1 Å². The van der Waals surface area contributed by atoms with Crippen molar-refractivity contribution in [3.05, 3.63) is 72.2 Å². The summed E-state index contributed by atoms with van der Waals surface area (Å²) in [5.74, 6) is 1.80. The van der Waals surface area contributed by atoms with Crippen molar-refractivity contribution in [1.82, 2.24) is 24.4 Å². The Balaban J connectivity index is 1.39. The van der Waals surface area contributed by atoms with Crippen LogP contribution in [0.5, 0.6) is 5.88 Å². The molecule has 3 aromatic heterocycles. The van der Waals surface area contributed by atoms with Crippen molar-refractivity contribution < 1.29 is 4.74 Å². The number of hydrogen-bond donors (Lipinski definition) is 0. The Hall–Kier alpha value is -2.73. The molecule has 1 aliphatic heterocycles. The molecule has 0 aliphatic carbocycles. The number of rotatable bonds is 6. The van der Waals surface area contributed by atoms with Gasteiger partial charge in [-0.25, -0.2) is 9.97 Å². The van der Waals surface area contributed by atoms with Crippen molar-refractivity contribution >= 4 is 0 Å². The number of hydrogen-bond acceptors (Lipinski definition) is 5. The number of ether oxygens (including phenoxy) is 1. The predicted octanol–water partition coefficient (Wildman–Crippen LogP) is 2.87. The molecule has 0 aromatic carbocycles. The Labute approximate surface area is 153 Å². The molecule has 3 aromatic rings. The summed E-state index contributed by atoms with van der Waals surface area (Å²) in [7, 11) is 0. The van der Waals surface area contributed by atoms with Crippen LogP contribution >= 0.6 is 0 Å². The normalized spacial score (nSPS) is 17.0. The molecule has 26 heavy (non-hydrogen) atoms. The van der Waals surface area contributed by atoms with Crippen molar-refractivity contribution in [1.29, 1.82) is 0 Å². The maximum Gasteiger partial charge on any atom is 0.213 e. The molecule has 1 unspecified atom stereocenters. The zero-order chi connectivity index (χ0) is 17.8. The first-order valence-electron chi connectivity index (χ1n) is 9.02. The lowest BCUT2D eigenvalue weighted by Crippen LogP contribution is -2.37. The average molecular weight is 349 g/mol. The van der Waals surface area contributed by atoms with Crippen molar-refractivity contribution in [3.8, 4) is 5.88 Å². The first kappa shape index (κ1) is 16.7. The van der Waals surface area contributed by atoms with Crippen LogP contribution in [0.2, 0.25) is 0 Å². The minimum Gasteiger partial charge on any atom is -0.477 e. The highest BCUT2D eigenvalue weighted by molar-refractivity contribution is 5.14. The molecule has 0 spiro atoms. The van der Waals surface area contributed by atoms with E-state index in [1.54, 1.807) is 6.20 Å². The van der Waals surface area contributed by atoms with Crippen LogP contribution in [-0.4, -0.2) is 37.6 Å². The topological polar surface area (TPSA) is 56.1 Å². The monoisotopic (exact) mass is 349 g/mol. The Kier molecular flexibility index (Phi) is 4.93. The largest absolute Gasteiger partial charge is 0.477 e. The Morgan fingerprint density at radius 1 is 1.08 bits per heavy atom. The SMILES string of the molecule is CC1c2ncc(CCOc3ccccn3)n2CCN1Cc1cccnc1. The van der Waals surface area contributed by atoms with Gasteiger partial charge < -0.3 is 9.30 Å². The number of aromatic nitrogens is 4. The minimum absolute atomic E-state index is 0.286. The van der Waals surface area contributed by atoms with E-state index in [1.807, 2.05) is 42.9 Å². The van der Waals surface area contributed by atoms with Crippen LogP contribution in [0.25, 0.3) is 0 Å². The summed E-state index contributed by atoms with van der Waals surface area (Å²) >= 11 is 0. The fourth-order valence-electron chi connectivity index (χ4n) is 3.44. The van der Waals surface area contributed by atoms with Crippen molar-refractivity contribution in [2.24, 2.45) is 0 Å². The highest BCUT2D eigenvalue weighted by atomic mass is 16.5. The van der Waals surface area contributed by atoms with E-state index in [2.05, 4.69) is 37.4 Å². The molecule has 0 saturated heterocycles. The van der Waals surface area contributed by atoms with E-state index in [1.165, 1.54) is 11.3 Å². The molecule has 6 nitrogen and oxygen atoms in total. The van der Waals surface area contributed by atoms with Crippen LogP contribution in [0.15, 0.2) is 55.1 Å². The fourth-order valence-corrected chi connectivity index (χ4v) is 3.44. The smallest absolute Gasteiger partial charge is 0.213 e. The Morgan fingerprint density at radius 3 is 2.85 bits per heavy atom. The van der Waals surface area contributed by atoms with Crippen LogP contribution < -0.4 is 4.74 Å². The first-order valence-corrected chi connectivity index (χ1v) is 9.02. The molecule has 0 saturated carbocycles. The van der Waals surface area contributed by atoms with E-state index in [0.717, 1.165) is 31.9 Å². The van der Waals surface area contributed by atoms with E-state index in [-0.39, 0.29) is 6.04 Å². The van der Waals surface area contributed by atoms with Gasteiger partial charge in [-0.05, 0) is 24.6 Å². The Bertz CT molecular complexity index is 834. The van der Waals surface area contributed by atoms with Gasteiger partial charge in [0.15, 0.2) is 0 Å². The van der Waals surface area contributed by atoms with Gasteiger partial charge in [0.05, 0.1) is 12.6 Å². The predicted molar refractivity (Wildman–Crippen MR) is 98.7 cm³/mol. The lowest BCUT2D eigenvalue weighted by molar-refractivity contribution is 0.154. The van der Waals surface area contributed by atoms with Gasteiger partial charge in [0.2, 0.25) is 5.88 Å². The summed E-state index contributed by atoms with van der Waals surface area (Å²) in [5.41, 5.74) is 2.46. The van der Waals surface area contributed by atoms with Gasteiger partial charge >= 0.3 is 0 Å². The molecule has 1 atom stereocenters. The number of imidazole rings is 1. The Morgan fingerprint density at radius 2 is 2.04 bits per heavy atom. The van der Waals surface area contributed by atoms with E-state index in [9.17, 15) is 0 Å². The summed E-state index contributed by atoms with van der Waals surface area (Å²) in [6, 6.07) is 10.1. The summed E-state index contributed by atoms with van der Waals surface area (Å²) in [6.07, 6.45) is 8.32. The zero-order valence-corrected chi connectivity index (χ0v) is 15.0. The molecule has 1 aliphatic rings. The van der Waals surface area contributed by atoms with E-state index in [4.69, 9.17) is 4.74 Å². The molecule has 0 fully saturated rings. The summed E-state index contributed by atoms with van der Waals surface area (Å²) in [6.45, 7) is 5.70. The van der Waals surface area contributed by atoms with Gasteiger partial charge in [-0.15, -0.1) is 0 Å². The zero-order valence-electron chi connectivity index (χ0n) is 15.0. The molecule has 0 amide bonds. The summed E-state index contributed by atoms with van der Waals surface area (Å²) in [5, 5.41) is 0. The van der Waals surface area contributed by atoms with Crippen LogP contribution in [0.4, 0.5) is 0 Å². The van der Waals surface area contributed by atoms with E-state index < -0.39 is 0 Å². The molecule has 134 valence electrons. The van der Waals surface area contributed by atoms with Crippen LogP contribution in [-0.2, 0) is 19.5 Å². The average Bonchev–Trinajstić information content (AvgIpc) is 3.10. The van der Waals surface area contributed by atoms with Crippen molar-refractivity contribution in [3.63, 3.8) is 0 Å². The van der Waals surface area contributed by atoms with E-state index in [0.29, 0.717) is 12.5 Å². The molecule has 0 N–H and O–H groups in total. The highest BCUT2D eigenvalue weighted by Crippen LogP contribution is 2.26. The van der Waals surface area contributed by atoms with Crippen LogP contribution in [0.3, 0.4) is 0 Å². The molecular weight excluding hydrogens is 326 g/mol. The first-order chi connectivity index (χ1) is 12.8. The fraction of sp³-hybridized carbons (Fsp3) is 0.350. The lowest BCUT2D eigenvalue weighted by Gasteiger charge is -2.34. The second-order valence-corrected chi connectivity index (χ2v) is 6.53. The number of nitrogens with zero attached hydrogens (tertiary/aromatic N) is 5. The molecule has 6 heteroatoms. The maximum absolute atomic E-state index is 5.73. The van der Waals surface area contributed by atoms with Gasteiger partial charge in [0, 0.05) is 62.6 Å². The quantitative estimate of drug-likeness (QED) is 0.685. The number of pyridine rings is 2. The second-order valence-electron chi connectivity index (χ2n) is 6.53. The van der Waals surface area contributed by atoms with Crippen LogP contribution in [0.1, 0.15) is 30.0 Å². The van der Waals surface area contributed by atoms with Crippen LogP contribution in [0, 0.1) is 0 Å². The standard InChI is InChI=1S/C20H23N5O/c1-16-20-23-14-18(7-12-26-19-6-2-3-9-22-19)25(20)11-10-24(16)15-17-5-4-8-21-13-17/h2-6,8-9,13-14,16H,7,10-12,15H2,1H3. The molecule has 0 radical (unpaired) electrons. The maximum atomic E-state index is 5.73. The van der Waals surface area contributed by atoms with Crippen molar-refractivity contribution in [2.75, 3.05) is 13.2 Å². The third-order valence-electron chi connectivity index (χ3n) is 4.86. The third kappa shape index (κ3) is 3.60. The van der Waals surface area contributed by atoms with E-state index >= 15 is 0 Å². The molecule has 4 heterocycles. The molecular formula is C20H23N5O. The third-order valence-corrected chi connectivity index (χ3v) is 4.86.